The molecule has 0 aliphatic carbocycles. The lowest BCUT2D eigenvalue weighted by molar-refractivity contribution is -0.152. The highest BCUT2D eigenvalue weighted by Gasteiger charge is 2.41. The van der Waals surface area contributed by atoms with Gasteiger partial charge < -0.3 is 10.1 Å². The van der Waals surface area contributed by atoms with Crippen molar-refractivity contribution in [2.75, 3.05) is 13.6 Å². The van der Waals surface area contributed by atoms with E-state index < -0.39 is 5.60 Å². The fraction of sp³-hybridized carbons (Fsp3) is 0.125. The summed E-state index contributed by atoms with van der Waals surface area (Å²) >= 11 is 6.60. The molecule has 0 aliphatic rings. The molecule has 1 N–H and O–H groups in total. The Morgan fingerprint density at radius 3 is 2.21 bits per heavy atom. The fourth-order valence-electron chi connectivity index (χ4n) is 3.28. The molecule has 0 aliphatic heterocycles. The monoisotopic (exact) mass is 391 g/mol. The molecule has 0 spiro atoms. The first-order valence-corrected chi connectivity index (χ1v) is 9.39. The first-order chi connectivity index (χ1) is 13.6. The molecular weight excluding hydrogens is 370 g/mol. The van der Waals surface area contributed by atoms with E-state index in [1.807, 2.05) is 72.8 Å². The Balaban J connectivity index is 2.32. The Hall–Kier alpha value is -2.88. The first-order valence-electron chi connectivity index (χ1n) is 9.01. The summed E-state index contributed by atoms with van der Waals surface area (Å²) in [4.78, 5) is 12.7. The number of carbonyl (C=O) groups is 1. The third-order valence-electron chi connectivity index (χ3n) is 4.57. The smallest absolute Gasteiger partial charge is 0.321 e. The molecule has 0 heterocycles. The second-order valence-electron chi connectivity index (χ2n) is 6.36. The van der Waals surface area contributed by atoms with Gasteiger partial charge in [0.05, 0.1) is 6.54 Å². The van der Waals surface area contributed by atoms with Gasteiger partial charge in [-0.2, -0.15) is 0 Å². The maximum atomic E-state index is 12.7. The van der Waals surface area contributed by atoms with Gasteiger partial charge >= 0.3 is 5.97 Å². The Morgan fingerprint density at radius 1 is 1.00 bits per heavy atom. The summed E-state index contributed by atoms with van der Waals surface area (Å²) in [7, 11) is 1.71. The van der Waals surface area contributed by atoms with Crippen LogP contribution in [-0.2, 0) is 15.1 Å². The quantitative estimate of drug-likeness (QED) is 0.453. The molecule has 3 aromatic carbocycles. The van der Waals surface area contributed by atoms with Crippen LogP contribution < -0.4 is 5.32 Å². The second-order valence-corrected chi connectivity index (χ2v) is 6.76. The van der Waals surface area contributed by atoms with Crippen molar-refractivity contribution < 1.29 is 9.53 Å². The lowest BCUT2D eigenvalue weighted by Crippen LogP contribution is -2.38. The molecule has 4 heteroatoms. The number of hydrogen-bond donors (Lipinski definition) is 1. The molecule has 0 bridgehead atoms. The van der Waals surface area contributed by atoms with Gasteiger partial charge in [-0.05, 0) is 18.7 Å². The number of halogens is 1. The second kappa shape index (κ2) is 8.87. The van der Waals surface area contributed by atoms with Crippen LogP contribution in [0.3, 0.4) is 0 Å². The van der Waals surface area contributed by atoms with Gasteiger partial charge in [0.2, 0.25) is 0 Å². The van der Waals surface area contributed by atoms with E-state index in [-0.39, 0.29) is 12.5 Å². The average Bonchev–Trinajstić information content (AvgIpc) is 2.73. The third kappa shape index (κ3) is 3.86. The van der Waals surface area contributed by atoms with Crippen molar-refractivity contribution in [1.29, 1.82) is 0 Å². The molecule has 0 amide bonds. The van der Waals surface area contributed by atoms with Crippen molar-refractivity contribution in [3.63, 3.8) is 0 Å². The summed E-state index contributed by atoms with van der Waals surface area (Å²) in [6, 6.07) is 24.9. The number of benzene rings is 3. The van der Waals surface area contributed by atoms with E-state index in [0.29, 0.717) is 10.6 Å². The van der Waals surface area contributed by atoms with E-state index in [9.17, 15) is 4.79 Å². The number of nitrogens with one attached hydrogen (secondary N) is 1. The third-order valence-corrected chi connectivity index (χ3v) is 4.90. The molecule has 1 atom stereocenters. The number of esters is 1. The normalized spacial score (nSPS) is 12.8. The summed E-state index contributed by atoms with van der Waals surface area (Å²) in [6.07, 6.45) is 1.77. The van der Waals surface area contributed by atoms with E-state index >= 15 is 0 Å². The van der Waals surface area contributed by atoms with Gasteiger partial charge in [-0.1, -0.05) is 97.1 Å². The summed E-state index contributed by atoms with van der Waals surface area (Å²) in [5, 5.41) is 3.38. The highest BCUT2D eigenvalue weighted by atomic mass is 35.5. The predicted octanol–water partition coefficient (Wildman–Crippen LogP) is 5.04. The molecule has 0 fully saturated rings. The van der Waals surface area contributed by atoms with Gasteiger partial charge in [-0.25, -0.2) is 0 Å². The molecule has 3 aromatic rings. The van der Waals surface area contributed by atoms with Crippen molar-refractivity contribution >= 4 is 23.6 Å². The number of carbonyl (C=O) groups excluding carboxylic acids is 1. The first kappa shape index (κ1) is 19.9. The van der Waals surface area contributed by atoms with Crippen molar-refractivity contribution in [3.05, 3.63) is 113 Å². The van der Waals surface area contributed by atoms with E-state index in [4.69, 9.17) is 16.3 Å². The molecule has 142 valence electrons. The Morgan fingerprint density at radius 2 is 1.61 bits per heavy atom. The highest BCUT2D eigenvalue weighted by molar-refractivity contribution is 6.31. The van der Waals surface area contributed by atoms with Crippen LogP contribution in [0.5, 0.6) is 0 Å². The van der Waals surface area contributed by atoms with Gasteiger partial charge in [0.1, 0.15) is 0 Å². The van der Waals surface area contributed by atoms with E-state index in [1.165, 1.54) is 0 Å². The molecule has 3 nitrogen and oxygen atoms in total. The maximum absolute atomic E-state index is 12.7. The minimum absolute atomic E-state index is 0.0871. The van der Waals surface area contributed by atoms with Crippen LogP contribution in [-0.4, -0.2) is 19.6 Å². The molecule has 0 radical (unpaired) electrons. The minimum Gasteiger partial charge on any atom is -0.443 e. The van der Waals surface area contributed by atoms with Gasteiger partial charge in [0.15, 0.2) is 5.60 Å². The number of likely N-dealkylation sites (N-methyl/N-ethyl adjacent to an activating group) is 1. The van der Waals surface area contributed by atoms with Crippen molar-refractivity contribution in [3.8, 4) is 0 Å². The van der Waals surface area contributed by atoms with Crippen molar-refractivity contribution in [1.82, 2.24) is 5.32 Å². The van der Waals surface area contributed by atoms with Crippen LogP contribution in [0.2, 0.25) is 5.02 Å². The molecule has 0 saturated heterocycles. The number of rotatable bonds is 7. The standard InChI is InChI=1S/C24H22ClNO2/c1-3-18-13-15-20(16-14-18)24(28-23(27)17-26-2,19-9-5-4-6-10-19)21-11-7-8-12-22(21)25/h3-16,26H,1,17H2,2H3. The summed E-state index contributed by atoms with van der Waals surface area (Å²) < 4.78 is 6.18. The molecule has 28 heavy (non-hydrogen) atoms. The minimum atomic E-state index is -1.17. The van der Waals surface area contributed by atoms with E-state index in [0.717, 1.165) is 16.7 Å². The molecule has 3 rings (SSSR count). The van der Waals surface area contributed by atoms with Crippen LogP contribution in [0.4, 0.5) is 0 Å². The number of ether oxygens (including phenoxy) is 1. The zero-order valence-electron chi connectivity index (χ0n) is 15.7. The molecule has 0 saturated carbocycles. The van der Waals surface area contributed by atoms with Gasteiger partial charge in [-0.3, -0.25) is 4.79 Å². The van der Waals surface area contributed by atoms with Crippen LogP contribution >= 0.6 is 11.6 Å². The average molecular weight is 392 g/mol. The Kier molecular flexibility index (Phi) is 6.30. The van der Waals surface area contributed by atoms with Gasteiger partial charge in [0.25, 0.3) is 0 Å². The van der Waals surface area contributed by atoms with E-state index in [1.54, 1.807) is 19.2 Å². The summed E-state index contributed by atoms with van der Waals surface area (Å²) in [5.41, 5.74) is 2.14. The lowest BCUT2D eigenvalue weighted by atomic mass is 9.79. The Bertz CT molecular complexity index is 954. The zero-order chi connectivity index (χ0) is 20.0. The van der Waals surface area contributed by atoms with Crippen LogP contribution in [0.15, 0.2) is 85.4 Å². The van der Waals surface area contributed by atoms with Gasteiger partial charge in [0, 0.05) is 21.7 Å². The summed E-state index contributed by atoms with van der Waals surface area (Å²) in [5.74, 6) is -0.376. The molecule has 0 aromatic heterocycles. The van der Waals surface area contributed by atoms with Crippen LogP contribution in [0.25, 0.3) is 6.08 Å². The van der Waals surface area contributed by atoms with Crippen molar-refractivity contribution in [2.45, 2.75) is 5.60 Å². The predicted molar refractivity (Wildman–Crippen MR) is 114 cm³/mol. The fourth-order valence-corrected chi connectivity index (χ4v) is 3.54. The van der Waals surface area contributed by atoms with Crippen LogP contribution in [0, 0.1) is 0 Å². The van der Waals surface area contributed by atoms with Crippen molar-refractivity contribution in [2.24, 2.45) is 0 Å². The molecule has 1 unspecified atom stereocenters. The largest absolute Gasteiger partial charge is 0.443 e. The van der Waals surface area contributed by atoms with Crippen LogP contribution in [0.1, 0.15) is 22.3 Å². The SMILES string of the molecule is C=Cc1ccc(C(OC(=O)CNC)(c2ccccc2)c2ccccc2Cl)cc1. The zero-order valence-corrected chi connectivity index (χ0v) is 16.4. The Labute approximate surface area is 170 Å². The lowest BCUT2D eigenvalue weighted by Gasteiger charge is -2.36. The maximum Gasteiger partial charge on any atom is 0.321 e. The van der Waals surface area contributed by atoms with E-state index in [2.05, 4.69) is 11.9 Å². The van der Waals surface area contributed by atoms with Gasteiger partial charge in [-0.15, -0.1) is 0 Å². The summed E-state index contributed by atoms with van der Waals surface area (Å²) in [6.45, 7) is 3.90. The number of hydrogen-bond acceptors (Lipinski definition) is 3. The highest BCUT2D eigenvalue weighted by Crippen LogP contribution is 2.43. The molecular formula is C24H22ClNO2. The topological polar surface area (TPSA) is 38.3 Å².